The molecule has 1 aromatic carbocycles. The van der Waals surface area contributed by atoms with E-state index in [-0.39, 0.29) is 11.8 Å². The molecule has 1 rings (SSSR count). The Bertz CT molecular complexity index is 806. The van der Waals surface area contributed by atoms with Crippen LogP contribution in [0.1, 0.15) is 78.0 Å². The highest BCUT2D eigenvalue weighted by Gasteiger charge is 2.34. The first-order valence-electron chi connectivity index (χ1n) is 11.2. The van der Waals surface area contributed by atoms with E-state index in [2.05, 4.69) is 16.6 Å². The Morgan fingerprint density at radius 3 is 2.25 bits per heavy atom. The van der Waals surface area contributed by atoms with Gasteiger partial charge in [0, 0.05) is 18.7 Å². The number of rotatable bonds is 10. The molecule has 0 heterocycles. The van der Waals surface area contributed by atoms with Crippen LogP contribution in [-0.4, -0.2) is 47.5 Å². The minimum Gasteiger partial charge on any atom is -0.444 e. The predicted molar refractivity (Wildman–Crippen MR) is 126 cm³/mol. The summed E-state index contributed by atoms with van der Waals surface area (Å²) >= 11 is 0. The highest BCUT2D eigenvalue weighted by atomic mass is 16.6. The van der Waals surface area contributed by atoms with Gasteiger partial charge in [-0.2, -0.15) is 0 Å². The van der Waals surface area contributed by atoms with Crippen LogP contribution in [0.25, 0.3) is 0 Å². The maximum atomic E-state index is 13.3. The van der Waals surface area contributed by atoms with E-state index in [9.17, 15) is 14.4 Å². The van der Waals surface area contributed by atoms with Crippen LogP contribution >= 0.6 is 0 Å². The summed E-state index contributed by atoms with van der Waals surface area (Å²) in [5.41, 5.74) is 0.660. The molecule has 0 radical (unpaired) electrons. The Hall–Kier alpha value is -3.01. The fourth-order valence-corrected chi connectivity index (χ4v) is 3.12. The zero-order valence-electron chi connectivity index (χ0n) is 20.2. The second-order valence-electron chi connectivity index (χ2n) is 8.71. The first kappa shape index (κ1) is 27.0. The normalized spacial score (nSPS) is 12.8. The van der Waals surface area contributed by atoms with Crippen molar-refractivity contribution in [1.82, 2.24) is 15.5 Å². The lowest BCUT2D eigenvalue weighted by Crippen LogP contribution is -2.52. The van der Waals surface area contributed by atoms with Gasteiger partial charge in [0.05, 0.1) is 0 Å². The average molecular weight is 444 g/mol. The van der Waals surface area contributed by atoms with Crippen molar-refractivity contribution in [2.45, 2.75) is 78.5 Å². The second kappa shape index (κ2) is 12.7. The maximum absolute atomic E-state index is 13.3. The third-order valence-corrected chi connectivity index (χ3v) is 4.63. The zero-order chi connectivity index (χ0) is 24.3. The Morgan fingerprint density at radius 2 is 1.75 bits per heavy atom. The fraction of sp³-hybridized carbons (Fsp3) is 0.560. The SMILES string of the molecule is C#Cc1ccc(C(C(=O)NCCCC)N(CCC)C(=O)C(C)NC(=O)OC(C)(C)C)cc1. The standard InChI is InChI=1S/C25H37N3O4/c1-8-11-16-26-22(29)21(20-14-12-19(10-3)13-15-20)28(17-9-2)23(30)18(4)27-24(31)32-25(5,6)7/h3,12-15,18,21H,8-9,11,16-17H2,1-2,4-7H3,(H,26,29)(H,27,31). The summed E-state index contributed by atoms with van der Waals surface area (Å²) < 4.78 is 5.26. The Labute approximate surface area is 192 Å². The van der Waals surface area contributed by atoms with Crippen LogP contribution in [0.5, 0.6) is 0 Å². The molecule has 2 atom stereocenters. The molecule has 0 fully saturated rings. The van der Waals surface area contributed by atoms with Gasteiger partial charge in [-0.15, -0.1) is 6.42 Å². The van der Waals surface area contributed by atoms with E-state index in [0.717, 1.165) is 12.8 Å². The Balaban J connectivity index is 3.20. The third-order valence-electron chi connectivity index (χ3n) is 4.63. The molecule has 7 heteroatoms. The molecule has 7 nitrogen and oxygen atoms in total. The van der Waals surface area contributed by atoms with Gasteiger partial charge < -0.3 is 20.3 Å². The van der Waals surface area contributed by atoms with E-state index >= 15 is 0 Å². The third kappa shape index (κ3) is 8.62. The fourth-order valence-electron chi connectivity index (χ4n) is 3.12. The second-order valence-corrected chi connectivity index (χ2v) is 8.71. The first-order chi connectivity index (χ1) is 15.0. The van der Waals surface area contributed by atoms with Crippen molar-refractivity contribution in [3.05, 3.63) is 35.4 Å². The number of hydrogen-bond donors (Lipinski definition) is 2. The molecule has 2 N–H and O–H groups in total. The summed E-state index contributed by atoms with van der Waals surface area (Å²) in [4.78, 5) is 40.2. The summed E-state index contributed by atoms with van der Waals surface area (Å²) in [5.74, 6) is 1.93. The highest BCUT2D eigenvalue weighted by molar-refractivity contribution is 5.92. The smallest absolute Gasteiger partial charge is 0.408 e. The van der Waals surface area contributed by atoms with E-state index < -0.39 is 23.8 Å². The largest absolute Gasteiger partial charge is 0.444 e. The molecule has 0 spiro atoms. The molecule has 1 aromatic rings. The summed E-state index contributed by atoms with van der Waals surface area (Å²) in [6.45, 7) is 11.7. The molecule has 0 aliphatic carbocycles. The number of carbonyl (C=O) groups excluding carboxylic acids is 3. The van der Waals surface area contributed by atoms with Crippen molar-refractivity contribution in [3.63, 3.8) is 0 Å². The topological polar surface area (TPSA) is 87.7 Å². The molecule has 0 saturated carbocycles. The quantitative estimate of drug-likeness (QED) is 0.426. The van der Waals surface area contributed by atoms with Gasteiger partial charge in [-0.25, -0.2) is 4.79 Å². The van der Waals surface area contributed by atoms with Crippen molar-refractivity contribution in [1.29, 1.82) is 0 Å². The number of hydrogen-bond acceptors (Lipinski definition) is 4. The van der Waals surface area contributed by atoms with Gasteiger partial charge in [0.1, 0.15) is 17.7 Å². The van der Waals surface area contributed by atoms with Crippen LogP contribution in [0.4, 0.5) is 4.79 Å². The van der Waals surface area contributed by atoms with Crippen LogP contribution < -0.4 is 10.6 Å². The number of alkyl carbamates (subject to hydrolysis) is 1. The monoisotopic (exact) mass is 443 g/mol. The molecule has 0 bridgehead atoms. The molecular formula is C25H37N3O4. The van der Waals surface area contributed by atoms with E-state index in [1.807, 2.05) is 13.8 Å². The molecule has 176 valence electrons. The molecule has 32 heavy (non-hydrogen) atoms. The van der Waals surface area contributed by atoms with Crippen LogP contribution in [0.2, 0.25) is 0 Å². The number of terminal acetylenes is 1. The summed E-state index contributed by atoms with van der Waals surface area (Å²) in [6, 6.07) is 5.32. The molecule has 0 aliphatic heterocycles. The van der Waals surface area contributed by atoms with Gasteiger partial charge in [0.25, 0.3) is 0 Å². The first-order valence-corrected chi connectivity index (χ1v) is 11.2. The molecule has 0 saturated heterocycles. The van der Waals surface area contributed by atoms with Gasteiger partial charge in [-0.05, 0) is 58.2 Å². The van der Waals surface area contributed by atoms with Gasteiger partial charge in [0.2, 0.25) is 11.8 Å². The lowest BCUT2D eigenvalue weighted by Gasteiger charge is -2.33. The average Bonchev–Trinajstić information content (AvgIpc) is 2.72. The molecular weight excluding hydrogens is 406 g/mol. The summed E-state index contributed by atoms with van der Waals surface area (Å²) in [5, 5.41) is 5.51. The number of carbonyl (C=O) groups is 3. The molecule has 3 amide bonds. The van der Waals surface area contributed by atoms with Gasteiger partial charge in [-0.1, -0.05) is 38.3 Å². The molecule has 2 unspecified atom stereocenters. The van der Waals surface area contributed by atoms with Crippen molar-refractivity contribution < 1.29 is 19.1 Å². The maximum Gasteiger partial charge on any atom is 0.408 e. The van der Waals surface area contributed by atoms with E-state index in [1.165, 1.54) is 4.90 Å². The lowest BCUT2D eigenvalue weighted by molar-refractivity contribution is -0.142. The number of benzene rings is 1. The van der Waals surface area contributed by atoms with Crippen molar-refractivity contribution in [2.24, 2.45) is 0 Å². The molecule has 0 aliphatic rings. The van der Waals surface area contributed by atoms with Crippen molar-refractivity contribution >= 4 is 17.9 Å². The van der Waals surface area contributed by atoms with E-state index in [4.69, 9.17) is 11.2 Å². The highest BCUT2D eigenvalue weighted by Crippen LogP contribution is 2.23. The number of nitrogens with zero attached hydrogens (tertiary/aromatic N) is 1. The lowest BCUT2D eigenvalue weighted by atomic mass is 10.0. The Morgan fingerprint density at radius 1 is 1.12 bits per heavy atom. The van der Waals surface area contributed by atoms with Crippen molar-refractivity contribution in [3.8, 4) is 12.3 Å². The summed E-state index contributed by atoms with van der Waals surface area (Å²) in [6.07, 6.45) is 7.20. The number of unbranched alkanes of at least 4 members (excludes halogenated alkanes) is 1. The zero-order valence-corrected chi connectivity index (χ0v) is 20.2. The van der Waals surface area contributed by atoms with Crippen LogP contribution in [0.15, 0.2) is 24.3 Å². The number of nitrogens with one attached hydrogen (secondary N) is 2. The van der Waals surface area contributed by atoms with Crippen LogP contribution in [0, 0.1) is 12.3 Å². The number of ether oxygens (including phenoxy) is 1. The number of amides is 3. The minimum absolute atomic E-state index is 0.266. The van der Waals surface area contributed by atoms with E-state index in [0.29, 0.717) is 30.6 Å². The van der Waals surface area contributed by atoms with Gasteiger partial charge in [-0.3, -0.25) is 9.59 Å². The van der Waals surface area contributed by atoms with Crippen LogP contribution in [-0.2, 0) is 14.3 Å². The van der Waals surface area contributed by atoms with Gasteiger partial charge >= 0.3 is 6.09 Å². The minimum atomic E-state index is -0.868. The van der Waals surface area contributed by atoms with E-state index in [1.54, 1.807) is 52.0 Å². The molecule has 0 aromatic heterocycles. The van der Waals surface area contributed by atoms with Gasteiger partial charge in [0.15, 0.2) is 0 Å². The van der Waals surface area contributed by atoms with Crippen LogP contribution in [0.3, 0.4) is 0 Å². The predicted octanol–water partition coefficient (Wildman–Crippen LogP) is 3.78. The summed E-state index contributed by atoms with van der Waals surface area (Å²) in [7, 11) is 0. The Kier molecular flexibility index (Phi) is 10.8. The van der Waals surface area contributed by atoms with Crippen molar-refractivity contribution in [2.75, 3.05) is 13.1 Å².